The molecule has 0 spiro atoms. The Bertz CT molecular complexity index is 2420. The lowest BCUT2D eigenvalue weighted by molar-refractivity contribution is -0.141. The molecule has 5 aromatic rings. The van der Waals surface area contributed by atoms with E-state index in [0.29, 0.717) is 35.6 Å². The smallest absolute Gasteiger partial charge is 0.367 e. The zero-order chi connectivity index (χ0) is 40.2. The van der Waals surface area contributed by atoms with Crippen molar-refractivity contribution in [2.45, 2.75) is 75.4 Å². The van der Waals surface area contributed by atoms with Crippen LogP contribution in [0.1, 0.15) is 73.2 Å². The van der Waals surface area contributed by atoms with Gasteiger partial charge in [-0.3, -0.25) is 33.5 Å². The zero-order valence-corrected chi connectivity index (χ0v) is 31.5. The van der Waals surface area contributed by atoms with Gasteiger partial charge in [0.15, 0.2) is 0 Å². The second-order valence-corrected chi connectivity index (χ2v) is 15.5. The number of alkyl halides is 4. The lowest BCUT2D eigenvalue weighted by Gasteiger charge is -2.42. The predicted molar refractivity (Wildman–Crippen MR) is 205 cm³/mol. The van der Waals surface area contributed by atoms with E-state index in [-0.39, 0.29) is 48.8 Å². The van der Waals surface area contributed by atoms with Crippen molar-refractivity contribution >= 4 is 51.0 Å². The van der Waals surface area contributed by atoms with Crippen LogP contribution in [0.5, 0.6) is 0 Å². The summed E-state index contributed by atoms with van der Waals surface area (Å²) in [4.78, 5) is 58.2. The van der Waals surface area contributed by atoms with E-state index in [0.717, 1.165) is 61.0 Å². The Balaban J connectivity index is 0.862. The summed E-state index contributed by atoms with van der Waals surface area (Å²) in [6, 6.07) is 13.0. The van der Waals surface area contributed by atoms with Gasteiger partial charge in [0.2, 0.25) is 11.8 Å². The molecule has 8 rings (SSSR count). The molecule has 3 aromatic heterocycles. The molecule has 57 heavy (non-hydrogen) atoms. The number of nitrogens with one attached hydrogen (secondary N) is 2. The molecule has 0 radical (unpaired) electrons. The Morgan fingerprint density at radius 3 is 2.51 bits per heavy atom. The second kappa shape index (κ2) is 15.1. The molecule has 2 saturated heterocycles. The lowest BCUT2D eigenvalue weighted by Crippen LogP contribution is -2.52. The zero-order valence-electron chi connectivity index (χ0n) is 31.5. The van der Waals surface area contributed by atoms with Gasteiger partial charge in [-0.05, 0) is 94.0 Å². The maximum absolute atomic E-state index is 16.1. The third-order valence-corrected chi connectivity index (χ3v) is 11.8. The molecule has 2 aliphatic heterocycles. The third kappa shape index (κ3) is 7.51. The Morgan fingerprint density at radius 1 is 1.00 bits per heavy atom. The number of hydrogen-bond acceptors (Lipinski definition) is 8. The summed E-state index contributed by atoms with van der Waals surface area (Å²) in [5.74, 6) is -1.21. The quantitative estimate of drug-likeness (QED) is 0.153. The van der Waals surface area contributed by atoms with Crippen molar-refractivity contribution in [2.24, 2.45) is 13.0 Å². The molecule has 3 amide bonds. The molecule has 5 heterocycles. The SMILES string of the molecule is CN(CC1CCC(n2cc3cc(NC(=O)c4cccc(C(F)(F)F)n4)ccc3n2)CC1)[C@H]1CCN(c2cccc3c2n(C)c(=O)n3C2CCC(=O)NC2=O)C[C@H]1F. The highest BCUT2D eigenvalue weighted by Gasteiger charge is 2.37. The molecule has 2 aromatic carbocycles. The van der Waals surface area contributed by atoms with Crippen molar-refractivity contribution < 1.29 is 31.9 Å². The Labute approximate surface area is 324 Å². The van der Waals surface area contributed by atoms with Crippen LogP contribution in [0.4, 0.5) is 28.9 Å². The number of para-hydroxylation sites is 1. The standard InChI is InChI=1S/C40H43F4N9O4/c1-49(30-17-18-51(22-27(30)41)31-6-4-7-32-36(31)50(2)39(57)53(32)33-15-16-35(54)47-38(33)56)20-23-9-12-26(13-10-23)52-21-24-19-25(11-14-28(24)48-52)45-37(55)29-5-3-8-34(46-29)40(42,43)44/h3-8,11,14,19,21,23,26-27,30,33H,9-10,12-13,15-18,20,22H2,1-2H3,(H,45,55)(H,47,54,56)/t23?,26?,27-,30+,33?/m1/s1. The van der Waals surface area contributed by atoms with Crippen LogP contribution < -0.4 is 21.2 Å². The van der Waals surface area contributed by atoms with E-state index in [1.54, 1.807) is 31.3 Å². The van der Waals surface area contributed by atoms with Gasteiger partial charge in [-0.15, -0.1) is 0 Å². The number of carbonyl (C=O) groups excluding carboxylic acids is 3. The average Bonchev–Trinajstić information content (AvgIpc) is 3.72. The van der Waals surface area contributed by atoms with Gasteiger partial charge in [0.25, 0.3) is 5.91 Å². The maximum Gasteiger partial charge on any atom is 0.433 e. The molecule has 3 atom stereocenters. The number of carbonyl (C=O) groups is 3. The third-order valence-electron chi connectivity index (χ3n) is 11.8. The van der Waals surface area contributed by atoms with E-state index in [4.69, 9.17) is 5.10 Å². The van der Waals surface area contributed by atoms with Crippen LogP contribution in [-0.4, -0.2) is 85.4 Å². The van der Waals surface area contributed by atoms with Gasteiger partial charge in [0.1, 0.15) is 23.6 Å². The minimum atomic E-state index is -4.66. The number of imidazole rings is 1. The summed E-state index contributed by atoms with van der Waals surface area (Å²) < 4.78 is 60.2. The van der Waals surface area contributed by atoms with E-state index in [1.807, 2.05) is 35.0 Å². The number of anilines is 2. The highest BCUT2D eigenvalue weighted by atomic mass is 19.4. The highest BCUT2D eigenvalue weighted by molar-refractivity contribution is 6.04. The van der Waals surface area contributed by atoms with Crippen molar-refractivity contribution in [3.05, 3.63) is 82.7 Å². The Morgan fingerprint density at radius 2 is 1.77 bits per heavy atom. The van der Waals surface area contributed by atoms with E-state index in [1.165, 1.54) is 15.2 Å². The average molecular weight is 790 g/mol. The lowest BCUT2D eigenvalue weighted by atomic mass is 9.85. The maximum atomic E-state index is 16.1. The molecule has 17 heteroatoms. The fourth-order valence-electron chi connectivity index (χ4n) is 8.87. The first-order valence-electron chi connectivity index (χ1n) is 19.2. The molecule has 2 N–H and O–H groups in total. The predicted octanol–water partition coefficient (Wildman–Crippen LogP) is 5.61. The summed E-state index contributed by atoms with van der Waals surface area (Å²) in [5.41, 5.74) is 1.27. The van der Waals surface area contributed by atoms with Gasteiger partial charge < -0.3 is 15.1 Å². The summed E-state index contributed by atoms with van der Waals surface area (Å²) in [5, 5.41) is 10.5. The summed E-state index contributed by atoms with van der Waals surface area (Å²) in [6.45, 7) is 1.53. The number of aromatic nitrogens is 5. The fourth-order valence-corrected chi connectivity index (χ4v) is 8.87. The number of aryl methyl sites for hydroxylation is 1. The Kier molecular flexibility index (Phi) is 10.1. The van der Waals surface area contributed by atoms with Gasteiger partial charge in [-0.2, -0.15) is 18.3 Å². The van der Waals surface area contributed by atoms with Crippen molar-refractivity contribution in [3.63, 3.8) is 0 Å². The molecular formula is C40H43F4N9O4. The fraction of sp³-hybridized carbons (Fsp3) is 0.450. The molecule has 300 valence electrons. The number of pyridine rings is 1. The molecule has 0 bridgehead atoms. The van der Waals surface area contributed by atoms with Crippen LogP contribution in [0.2, 0.25) is 0 Å². The molecule has 3 fully saturated rings. The number of benzene rings is 2. The normalized spacial score (nSPS) is 23.4. The molecule has 1 unspecified atom stereocenters. The van der Waals surface area contributed by atoms with Crippen LogP contribution in [0.3, 0.4) is 0 Å². The van der Waals surface area contributed by atoms with Crippen LogP contribution in [0, 0.1) is 5.92 Å². The minimum Gasteiger partial charge on any atom is -0.367 e. The number of amides is 3. The monoisotopic (exact) mass is 789 g/mol. The van der Waals surface area contributed by atoms with E-state index < -0.39 is 35.9 Å². The molecule has 1 aliphatic carbocycles. The largest absolute Gasteiger partial charge is 0.433 e. The second-order valence-electron chi connectivity index (χ2n) is 15.5. The Hall–Kier alpha value is -5.58. The topological polar surface area (TPSA) is 139 Å². The van der Waals surface area contributed by atoms with Crippen molar-refractivity contribution in [2.75, 3.05) is 36.9 Å². The van der Waals surface area contributed by atoms with Gasteiger partial charge in [0.05, 0.1) is 34.8 Å². The number of piperidine rings is 2. The molecule has 1 saturated carbocycles. The van der Waals surface area contributed by atoms with Crippen molar-refractivity contribution in [1.82, 2.24) is 34.1 Å². The van der Waals surface area contributed by atoms with Gasteiger partial charge in [-0.25, -0.2) is 14.2 Å². The number of rotatable bonds is 8. The molecule has 3 aliphatic rings. The van der Waals surface area contributed by atoms with Crippen molar-refractivity contribution in [1.29, 1.82) is 0 Å². The summed E-state index contributed by atoms with van der Waals surface area (Å²) in [7, 11) is 3.64. The van der Waals surface area contributed by atoms with E-state index >= 15 is 4.39 Å². The van der Waals surface area contributed by atoms with Crippen molar-refractivity contribution in [3.8, 4) is 0 Å². The number of halogens is 4. The van der Waals surface area contributed by atoms with E-state index in [9.17, 15) is 32.3 Å². The van der Waals surface area contributed by atoms with Crippen LogP contribution in [-0.2, 0) is 22.8 Å². The summed E-state index contributed by atoms with van der Waals surface area (Å²) in [6.07, 6.45) is 0.827. The number of nitrogens with zero attached hydrogens (tertiary/aromatic N) is 7. The van der Waals surface area contributed by atoms with Crippen LogP contribution in [0.15, 0.2) is 65.6 Å². The first-order valence-corrected chi connectivity index (χ1v) is 19.2. The van der Waals surface area contributed by atoms with Crippen LogP contribution >= 0.6 is 0 Å². The first-order chi connectivity index (χ1) is 27.2. The summed E-state index contributed by atoms with van der Waals surface area (Å²) >= 11 is 0. The number of fused-ring (bicyclic) bond motifs is 2. The number of imide groups is 1. The highest BCUT2D eigenvalue weighted by Crippen LogP contribution is 2.36. The molecular weight excluding hydrogens is 746 g/mol. The van der Waals surface area contributed by atoms with Gasteiger partial charge in [0, 0.05) is 49.9 Å². The van der Waals surface area contributed by atoms with E-state index in [2.05, 4.69) is 20.5 Å². The van der Waals surface area contributed by atoms with Crippen LogP contribution in [0.25, 0.3) is 21.9 Å². The number of hydrogen-bond donors (Lipinski definition) is 2. The first kappa shape index (κ1) is 38.3. The van der Waals surface area contributed by atoms with Gasteiger partial charge >= 0.3 is 11.9 Å². The molecule has 13 nitrogen and oxygen atoms in total. The minimum absolute atomic E-state index is 0.149. The van der Waals surface area contributed by atoms with Gasteiger partial charge in [-0.1, -0.05) is 12.1 Å².